The first-order valence-electron chi connectivity index (χ1n) is 7.57. The van der Waals surface area contributed by atoms with Crippen LogP contribution in [0.25, 0.3) is 5.69 Å². The van der Waals surface area contributed by atoms with Crippen LogP contribution in [0.15, 0.2) is 36.7 Å². The van der Waals surface area contributed by atoms with Crippen LogP contribution < -0.4 is 0 Å². The molecule has 0 saturated carbocycles. The zero-order chi connectivity index (χ0) is 15.5. The molecule has 1 aromatic carbocycles. The van der Waals surface area contributed by atoms with Gasteiger partial charge >= 0.3 is 0 Å². The molecule has 3 rings (SSSR count). The Kier molecular flexibility index (Phi) is 4.20. The molecule has 22 heavy (non-hydrogen) atoms. The number of hydrogen-bond acceptors (Lipinski definition) is 4. The molecule has 0 unspecified atom stereocenters. The minimum atomic E-state index is 0.120. The van der Waals surface area contributed by atoms with Gasteiger partial charge in [-0.1, -0.05) is 5.21 Å². The molecule has 1 fully saturated rings. The average Bonchev–Trinajstić information content (AvgIpc) is 3.17. The highest BCUT2D eigenvalue weighted by molar-refractivity contribution is 5.94. The molecule has 0 aliphatic carbocycles. The Labute approximate surface area is 130 Å². The third kappa shape index (κ3) is 3.01. The number of benzene rings is 1. The number of carbonyl (C=O) groups is 1. The lowest BCUT2D eigenvalue weighted by molar-refractivity contribution is 0.0716. The summed E-state index contributed by atoms with van der Waals surface area (Å²) < 4.78 is 1.68. The van der Waals surface area contributed by atoms with Crippen molar-refractivity contribution in [3.8, 4) is 5.69 Å². The van der Waals surface area contributed by atoms with Crippen LogP contribution in [-0.4, -0.2) is 63.9 Å². The SMILES string of the molecule is CN(C)C[C@@H]1CCCN1C(=O)c1ccc(-n2ccnn2)cc1. The van der Waals surface area contributed by atoms with Crippen molar-refractivity contribution in [1.82, 2.24) is 24.8 Å². The molecule has 0 bridgehead atoms. The van der Waals surface area contributed by atoms with Gasteiger partial charge in [0.1, 0.15) is 0 Å². The highest BCUT2D eigenvalue weighted by Crippen LogP contribution is 2.21. The predicted molar refractivity (Wildman–Crippen MR) is 84.0 cm³/mol. The molecule has 2 aromatic rings. The maximum atomic E-state index is 12.7. The van der Waals surface area contributed by atoms with Crippen LogP contribution in [0.1, 0.15) is 23.2 Å². The van der Waals surface area contributed by atoms with E-state index in [2.05, 4.69) is 15.2 Å². The molecule has 6 heteroatoms. The maximum absolute atomic E-state index is 12.7. The maximum Gasteiger partial charge on any atom is 0.254 e. The van der Waals surface area contributed by atoms with Crippen molar-refractivity contribution in [1.29, 1.82) is 0 Å². The van der Waals surface area contributed by atoms with Crippen LogP contribution in [-0.2, 0) is 0 Å². The van der Waals surface area contributed by atoms with E-state index in [0.29, 0.717) is 6.04 Å². The van der Waals surface area contributed by atoms with Gasteiger partial charge in [0.05, 0.1) is 18.1 Å². The third-order valence-corrected chi connectivity index (χ3v) is 4.02. The Balaban J connectivity index is 1.74. The summed E-state index contributed by atoms with van der Waals surface area (Å²) in [6, 6.07) is 7.85. The van der Waals surface area contributed by atoms with Crippen molar-refractivity contribution < 1.29 is 4.79 Å². The fourth-order valence-electron chi connectivity index (χ4n) is 2.98. The topological polar surface area (TPSA) is 54.3 Å². The van der Waals surface area contributed by atoms with Gasteiger partial charge in [-0.15, -0.1) is 5.10 Å². The van der Waals surface area contributed by atoms with E-state index in [1.807, 2.05) is 43.3 Å². The van der Waals surface area contributed by atoms with Gasteiger partial charge in [-0.05, 0) is 51.2 Å². The molecule has 0 radical (unpaired) electrons. The van der Waals surface area contributed by atoms with Gasteiger partial charge in [0, 0.05) is 24.7 Å². The van der Waals surface area contributed by atoms with E-state index in [0.717, 1.165) is 37.2 Å². The van der Waals surface area contributed by atoms with Crippen LogP contribution in [0.3, 0.4) is 0 Å². The largest absolute Gasteiger partial charge is 0.334 e. The van der Waals surface area contributed by atoms with E-state index in [1.54, 1.807) is 17.1 Å². The number of carbonyl (C=O) groups excluding carboxylic acids is 1. The number of hydrogen-bond donors (Lipinski definition) is 0. The minimum absolute atomic E-state index is 0.120. The number of rotatable bonds is 4. The quantitative estimate of drug-likeness (QED) is 0.857. The Morgan fingerprint density at radius 3 is 2.73 bits per heavy atom. The molecule has 2 heterocycles. The van der Waals surface area contributed by atoms with Crippen molar-refractivity contribution in [2.24, 2.45) is 0 Å². The van der Waals surface area contributed by atoms with Crippen LogP contribution >= 0.6 is 0 Å². The van der Waals surface area contributed by atoms with Gasteiger partial charge in [0.2, 0.25) is 0 Å². The molecule has 1 amide bonds. The zero-order valence-electron chi connectivity index (χ0n) is 13.0. The standard InChI is InChI=1S/C16H21N5O/c1-19(2)12-15-4-3-10-20(15)16(22)13-5-7-14(8-6-13)21-11-9-17-18-21/h5-9,11,15H,3-4,10,12H2,1-2H3/t15-/m0/s1. The van der Waals surface area contributed by atoms with Gasteiger partial charge in [-0.25, -0.2) is 4.68 Å². The van der Waals surface area contributed by atoms with E-state index in [1.165, 1.54) is 0 Å². The summed E-state index contributed by atoms with van der Waals surface area (Å²) in [4.78, 5) is 16.9. The number of likely N-dealkylation sites (N-methyl/N-ethyl adjacent to an activating group) is 1. The molecule has 1 saturated heterocycles. The molecular formula is C16H21N5O. The molecule has 1 aliphatic rings. The van der Waals surface area contributed by atoms with Crippen molar-refractivity contribution in [3.63, 3.8) is 0 Å². The second-order valence-electron chi connectivity index (χ2n) is 5.95. The number of nitrogens with zero attached hydrogens (tertiary/aromatic N) is 5. The van der Waals surface area contributed by atoms with Gasteiger partial charge < -0.3 is 9.80 Å². The first-order chi connectivity index (χ1) is 10.6. The second-order valence-corrected chi connectivity index (χ2v) is 5.95. The van der Waals surface area contributed by atoms with E-state index in [-0.39, 0.29) is 5.91 Å². The van der Waals surface area contributed by atoms with Crippen LogP contribution in [0.5, 0.6) is 0 Å². The number of likely N-dealkylation sites (tertiary alicyclic amines) is 1. The highest BCUT2D eigenvalue weighted by Gasteiger charge is 2.29. The summed E-state index contributed by atoms with van der Waals surface area (Å²) in [6.07, 6.45) is 5.59. The van der Waals surface area contributed by atoms with E-state index < -0.39 is 0 Å². The molecular weight excluding hydrogens is 278 g/mol. The van der Waals surface area contributed by atoms with Crippen molar-refractivity contribution >= 4 is 5.91 Å². The smallest absolute Gasteiger partial charge is 0.254 e. The molecule has 116 valence electrons. The van der Waals surface area contributed by atoms with Crippen molar-refractivity contribution in [2.45, 2.75) is 18.9 Å². The number of aromatic nitrogens is 3. The first kappa shape index (κ1) is 14.7. The van der Waals surface area contributed by atoms with E-state index >= 15 is 0 Å². The first-order valence-corrected chi connectivity index (χ1v) is 7.57. The van der Waals surface area contributed by atoms with Gasteiger partial charge in [0.15, 0.2) is 0 Å². The fraction of sp³-hybridized carbons (Fsp3) is 0.438. The summed E-state index contributed by atoms with van der Waals surface area (Å²) in [5.41, 5.74) is 1.63. The fourth-order valence-corrected chi connectivity index (χ4v) is 2.98. The summed E-state index contributed by atoms with van der Waals surface area (Å²) in [6.45, 7) is 1.77. The van der Waals surface area contributed by atoms with Gasteiger partial charge in [0.25, 0.3) is 5.91 Å². The lowest BCUT2D eigenvalue weighted by Crippen LogP contribution is -2.41. The normalized spacial score (nSPS) is 18.1. The molecule has 1 atom stereocenters. The molecule has 1 aliphatic heterocycles. The Hall–Kier alpha value is -2.21. The summed E-state index contributed by atoms with van der Waals surface area (Å²) >= 11 is 0. The van der Waals surface area contributed by atoms with Gasteiger partial charge in [-0.2, -0.15) is 0 Å². The van der Waals surface area contributed by atoms with Crippen LogP contribution in [0, 0.1) is 0 Å². The van der Waals surface area contributed by atoms with Crippen LogP contribution in [0.4, 0.5) is 0 Å². The van der Waals surface area contributed by atoms with Crippen molar-refractivity contribution in [3.05, 3.63) is 42.2 Å². The molecule has 0 N–H and O–H groups in total. The minimum Gasteiger partial charge on any atom is -0.334 e. The third-order valence-electron chi connectivity index (χ3n) is 4.02. The summed E-state index contributed by atoms with van der Waals surface area (Å²) in [5, 5.41) is 7.74. The highest BCUT2D eigenvalue weighted by atomic mass is 16.2. The molecule has 1 aromatic heterocycles. The second kappa shape index (κ2) is 6.27. The van der Waals surface area contributed by atoms with Crippen LogP contribution in [0.2, 0.25) is 0 Å². The monoisotopic (exact) mass is 299 g/mol. The lowest BCUT2D eigenvalue weighted by Gasteiger charge is -2.27. The van der Waals surface area contributed by atoms with E-state index in [4.69, 9.17) is 0 Å². The molecule has 0 spiro atoms. The molecule has 6 nitrogen and oxygen atoms in total. The summed E-state index contributed by atoms with van der Waals surface area (Å²) in [5.74, 6) is 0.120. The summed E-state index contributed by atoms with van der Waals surface area (Å²) in [7, 11) is 4.10. The Morgan fingerprint density at radius 2 is 2.09 bits per heavy atom. The zero-order valence-corrected chi connectivity index (χ0v) is 13.0. The predicted octanol–water partition coefficient (Wildman–Crippen LogP) is 1.43. The van der Waals surface area contributed by atoms with E-state index in [9.17, 15) is 4.79 Å². The number of amides is 1. The average molecular weight is 299 g/mol. The lowest BCUT2D eigenvalue weighted by atomic mass is 10.1. The Bertz CT molecular complexity index is 620. The Morgan fingerprint density at radius 1 is 1.32 bits per heavy atom. The van der Waals surface area contributed by atoms with Gasteiger partial charge in [-0.3, -0.25) is 4.79 Å². The van der Waals surface area contributed by atoms with Crippen molar-refractivity contribution in [2.75, 3.05) is 27.2 Å².